The number of benzene rings is 1. The quantitative estimate of drug-likeness (QED) is 0.794. The van der Waals surface area contributed by atoms with E-state index in [1.165, 1.54) is 19.1 Å². The number of hydrogen-bond acceptors (Lipinski definition) is 1. The van der Waals surface area contributed by atoms with E-state index >= 15 is 0 Å². The van der Waals surface area contributed by atoms with E-state index in [9.17, 15) is 8.78 Å². The smallest absolute Gasteiger partial charge is 0.132 e. The normalized spacial score (nSPS) is 12.9. The van der Waals surface area contributed by atoms with Gasteiger partial charge in [-0.05, 0) is 25.0 Å². The fourth-order valence-electron chi connectivity index (χ4n) is 1.40. The molecule has 0 fully saturated rings. The van der Waals surface area contributed by atoms with Gasteiger partial charge in [0.2, 0.25) is 0 Å². The maximum Gasteiger partial charge on any atom is 0.132 e. The fourth-order valence-corrected chi connectivity index (χ4v) is 1.40. The van der Waals surface area contributed by atoms with E-state index in [0.29, 0.717) is 12.0 Å². The summed E-state index contributed by atoms with van der Waals surface area (Å²) in [5.41, 5.74) is 0.474. The van der Waals surface area contributed by atoms with E-state index < -0.39 is 17.7 Å². The summed E-state index contributed by atoms with van der Waals surface area (Å²) in [5, 5.41) is 9.08. The molecule has 1 rings (SSSR count). The molecule has 0 saturated carbocycles. The van der Waals surface area contributed by atoms with Crippen LogP contribution in [0.25, 0.3) is 0 Å². The summed E-state index contributed by atoms with van der Waals surface area (Å²) in [5.74, 6) is -1.10. The second kappa shape index (κ2) is 4.51. The molecule has 1 atom stereocenters. The topological polar surface area (TPSA) is 20.2 Å². The summed E-state index contributed by atoms with van der Waals surface area (Å²) in [6.07, 6.45) is -0.184. The van der Waals surface area contributed by atoms with Crippen molar-refractivity contribution in [1.82, 2.24) is 0 Å². The standard InChI is InChI=1S/C11H14F2O/c1-3-8-4-5-10(12)9(11(8)13)6-7(2)14/h4-5,7,14H,3,6H2,1-2H3. The molecule has 0 spiro atoms. The van der Waals surface area contributed by atoms with E-state index in [2.05, 4.69) is 0 Å². The molecule has 0 saturated heterocycles. The van der Waals surface area contributed by atoms with Crippen LogP contribution in [0.2, 0.25) is 0 Å². The van der Waals surface area contributed by atoms with Crippen LogP contribution < -0.4 is 0 Å². The highest BCUT2D eigenvalue weighted by atomic mass is 19.1. The summed E-state index contributed by atoms with van der Waals surface area (Å²) < 4.78 is 26.7. The van der Waals surface area contributed by atoms with E-state index in [1.807, 2.05) is 6.92 Å². The van der Waals surface area contributed by atoms with Crippen molar-refractivity contribution in [3.8, 4) is 0 Å². The number of aliphatic hydroxyl groups excluding tert-OH is 1. The van der Waals surface area contributed by atoms with Crippen LogP contribution in [0.3, 0.4) is 0 Å². The Kier molecular flexibility index (Phi) is 3.58. The Balaban J connectivity index is 3.11. The predicted molar refractivity (Wildman–Crippen MR) is 51.1 cm³/mol. The number of aryl methyl sites for hydroxylation is 1. The zero-order valence-electron chi connectivity index (χ0n) is 8.35. The zero-order valence-corrected chi connectivity index (χ0v) is 8.35. The SMILES string of the molecule is CCc1ccc(F)c(CC(C)O)c1F. The van der Waals surface area contributed by atoms with Crippen molar-refractivity contribution in [3.05, 3.63) is 34.9 Å². The van der Waals surface area contributed by atoms with E-state index in [0.717, 1.165) is 0 Å². The van der Waals surface area contributed by atoms with Gasteiger partial charge in [0.15, 0.2) is 0 Å². The van der Waals surface area contributed by atoms with Gasteiger partial charge in [-0.25, -0.2) is 8.78 Å². The third-order valence-corrected chi connectivity index (χ3v) is 2.15. The van der Waals surface area contributed by atoms with Gasteiger partial charge in [0, 0.05) is 12.0 Å². The van der Waals surface area contributed by atoms with Crippen molar-refractivity contribution in [2.24, 2.45) is 0 Å². The Bertz CT molecular complexity index is 321. The van der Waals surface area contributed by atoms with Crippen molar-refractivity contribution in [2.75, 3.05) is 0 Å². The average molecular weight is 200 g/mol. The van der Waals surface area contributed by atoms with E-state index in [-0.39, 0.29) is 12.0 Å². The van der Waals surface area contributed by atoms with Gasteiger partial charge in [-0.15, -0.1) is 0 Å². The van der Waals surface area contributed by atoms with Crippen LogP contribution in [0.1, 0.15) is 25.0 Å². The molecule has 0 aliphatic rings. The first-order valence-electron chi connectivity index (χ1n) is 4.70. The molecule has 1 aromatic rings. The number of hydrogen-bond donors (Lipinski definition) is 1. The lowest BCUT2D eigenvalue weighted by Crippen LogP contribution is -2.09. The third-order valence-electron chi connectivity index (χ3n) is 2.15. The molecule has 0 aromatic heterocycles. The van der Waals surface area contributed by atoms with Crippen LogP contribution in [0.5, 0.6) is 0 Å². The first kappa shape index (κ1) is 11.1. The van der Waals surface area contributed by atoms with Gasteiger partial charge in [-0.2, -0.15) is 0 Å². The highest BCUT2D eigenvalue weighted by molar-refractivity contribution is 5.28. The minimum atomic E-state index is -0.730. The summed E-state index contributed by atoms with van der Waals surface area (Å²) in [4.78, 5) is 0. The van der Waals surface area contributed by atoms with Crippen LogP contribution in [0.15, 0.2) is 12.1 Å². The second-order valence-electron chi connectivity index (χ2n) is 3.41. The Morgan fingerprint density at radius 1 is 1.36 bits per heavy atom. The Morgan fingerprint density at radius 2 is 2.00 bits per heavy atom. The van der Waals surface area contributed by atoms with Crippen molar-refractivity contribution in [1.29, 1.82) is 0 Å². The van der Waals surface area contributed by atoms with Crippen LogP contribution in [-0.2, 0) is 12.8 Å². The van der Waals surface area contributed by atoms with E-state index in [1.54, 1.807) is 0 Å². The number of aliphatic hydroxyl groups is 1. The lowest BCUT2D eigenvalue weighted by molar-refractivity contribution is 0.192. The molecule has 0 amide bonds. The van der Waals surface area contributed by atoms with Crippen molar-refractivity contribution in [3.63, 3.8) is 0 Å². The summed E-state index contributed by atoms with van der Waals surface area (Å²) in [6.45, 7) is 3.32. The van der Waals surface area contributed by atoms with Crippen molar-refractivity contribution < 1.29 is 13.9 Å². The van der Waals surface area contributed by atoms with Gasteiger partial charge in [0.1, 0.15) is 11.6 Å². The first-order valence-corrected chi connectivity index (χ1v) is 4.70. The Labute approximate surface area is 82.4 Å². The van der Waals surface area contributed by atoms with Crippen LogP contribution >= 0.6 is 0 Å². The molecule has 3 heteroatoms. The Hall–Kier alpha value is -0.960. The van der Waals surface area contributed by atoms with Gasteiger partial charge >= 0.3 is 0 Å². The molecule has 0 radical (unpaired) electrons. The number of halogens is 2. The second-order valence-corrected chi connectivity index (χ2v) is 3.41. The maximum absolute atomic E-state index is 13.5. The highest BCUT2D eigenvalue weighted by Crippen LogP contribution is 2.18. The molecule has 1 unspecified atom stereocenters. The Morgan fingerprint density at radius 3 is 2.50 bits per heavy atom. The summed E-state index contributed by atoms with van der Waals surface area (Å²) >= 11 is 0. The fraction of sp³-hybridized carbons (Fsp3) is 0.455. The monoisotopic (exact) mass is 200 g/mol. The molecule has 1 N–H and O–H groups in total. The molecular weight excluding hydrogens is 186 g/mol. The van der Waals surface area contributed by atoms with Gasteiger partial charge in [-0.1, -0.05) is 13.0 Å². The average Bonchev–Trinajstić information content (AvgIpc) is 2.12. The third kappa shape index (κ3) is 2.29. The highest BCUT2D eigenvalue weighted by Gasteiger charge is 2.14. The lowest BCUT2D eigenvalue weighted by atomic mass is 10.0. The summed E-state index contributed by atoms with van der Waals surface area (Å²) in [7, 11) is 0. The van der Waals surface area contributed by atoms with Crippen molar-refractivity contribution >= 4 is 0 Å². The van der Waals surface area contributed by atoms with Crippen molar-refractivity contribution in [2.45, 2.75) is 32.8 Å². The van der Waals surface area contributed by atoms with Gasteiger partial charge in [0.05, 0.1) is 6.10 Å². The molecule has 0 heterocycles. The lowest BCUT2D eigenvalue weighted by Gasteiger charge is -2.09. The minimum absolute atomic E-state index is 0.0145. The summed E-state index contributed by atoms with van der Waals surface area (Å²) in [6, 6.07) is 2.69. The van der Waals surface area contributed by atoms with Crippen LogP contribution in [0, 0.1) is 11.6 Å². The molecule has 1 nitrogen and oxygen atoms in total. The molecule has 14 heavy (non-hydrogen) atoms. The maximum atomic E-state index is 13.5. The predicted octanol–water partition coefficient (Wildman–Crippen LogP) is 2.45. The van der Waals surface area contributed by atoms with Gasteiger partial charge in [-0.3, -0.25) is 0 Å². The molecular formula is C11H14F2O. The minimum Gasteiger partial charge on any atom is -0.393 e. The van der Waals surface area contributed by atoms with E-state index in [4.69, 9.17) is 5.11 Å². The molecule has 1 aromatic carbocycles. The molecule has 0 aliphatic heterocycles. The first-order chi connectivity index (χ1) is 6.56. The molecule has 0 bridgehead atoms. The molecule has 0 aliphatic carbocycles. The largest absolute Gasteiger partial charge is 0.393 e. The number of rotatable bonds is 3. The zero-order chi connectivity index (χ0) is 10.7. The van der Waals surface area contributed by atoms with Gasteiger partial charge in [0.25, 0.3) is 0 Å². The van der Waals surface area contributed by atoms with Crippen LogP contribution in [-0.4, -0.2) is 11.2 Å². The van der Waals surface area contributed by atoms with Crippen LogP contribution in [0.4, 0.5) is 8.78 Å². The van der Waals surface area contributed by atoms with Gasteiger partial charge < -0.3 is 5.11 Å². The molecule has 78 valence electrons.